The molecule has 2 aliphatic heterocycles. The van der Waals surface area contributed by atoms with Gasteiger partial charge in [-0.25, -0.2) is 0 Å². The summed E-state index contributed by atoms with van der Waals surface area (Å²) in [6, 6.07) is 0. The SMILES string of the molecule is C=C1OC[C@@H](O)/C1=C\C[C@@H]1C(=C)CC[C@H]2[C@@]1(C)CCC1=NOC[C@]12C. The van der Waals surface area contributed by atoms with Crippen molar-refractivity contribution in [1.29, 1.82) is 0 Å². The minimum atomic E-state index is -0.543. The third-order valence-corrected chi connectivity index (χ3v) is 7.38. The van der Waals surface area contributed by atoms with Gasteiger partial charge in [0.25, 0.3) is 0 Å². The first-order valence-electron chi connectivity index (χ1n) is 9.43. The average molecular weight is 343 g/mol. The Morgan fingerprint density at radius 2 is 2.12 bits per heavy atom. The summed E-state index contributed by atoms with van der Waals surface area (Å²) in [4.78, 5) is 5.51. The molecule has 0 radical (unpaired) electrons. The van der Waals surface area contributed by atoms with Crippen LogP contribution in [0, 0.1) is 22.7 Å². The number of rotatable bonds is 2. The van der Waals surface area contributed by atoms with E-state index < -0.39 is 6.10 Å². The molecule has 2 aliphatic carbocycles. The Morgan fingerprint density at radius 1 is 1.32 bits per heavy atom. The Hall–Kier alpha value is -1.55. The number of nitrogens with zero attached hydrogens (tertiary/aromatic N) is 1. The molecule has 25 heavy (non-hydrogen) atoms. The largest absolute Gasteiger partial charge is 0.491 e. The number of aliphatic hydroxyl groups is 1. The Kier molecular flexibility index (Phi) is 3.87. The molecule has 4 rings (SSSR count). The Balaban J connectivity index is 1.63. The van der Waals surface area contributed by atoms with E-state index in [2.05, 4.69) is 38.2 Å². The first kappa shape index (κ1) is 16.9. The van der Waals surface area contributed by atoms with Crippen molar-refractivity contribution >= 4 is 5.71 Å². The van der Waals surface area contributed by atoms with E-state index >= 15 is 0 Å². The normalized spacial score (nSPS) is 44.8. The van der Waals surface area contributed by atoms with E-state index in [4.69, 9.17) is 9.57 Å². The van der Waals surface area contributed by atoms with Gasteiger partial charge >= 0.3 is 0 Å². The molecule has 4 aliphatic rings. The summed E-state index contributed by atoms with van der Waals surface area (Å²) in [5, 5.41) is 14.5. The highest BCUT2D eigenvalue weighted by Crippen LogP contribution is 2.62. The van der Waals surface area contributed by atoms with Gasteiger partial charge in [-0.05, 0) is 49.4 Å². The lowest BCUT2D eigenvalue weighted by Crippen LogP contribution is -2.54. The van der Waals surface area contributed by atoms with Crippen molar-refractivity contribution in [1.82, 2.24) is 0 Å². The summed E-state index contributed by atoms with van der Waals surface area (Å²) >= 11 is 0. The fraction of sp³-hybridized carbons (Fsp3) is 0.667. The van der Waals surface area contributed by atoms with Gasteiger partial charge in [-0.2, -0.15) is 0 Å². The van der Waals surface area contributed by atoms with E-state index in [-0.39, 0.29) is 10.8 Å². The molecule has 0 unspecified atom stereocenters. The molecule has 0 amide bonds. The molecule has 4 heteroatoms. The maximum atomic E-state index is 10.1. The molecule has 4 nitrogen and oxygen atoms in total. The van der Waals surface area contributed by atoms with Crippen LogP contribution in [-0.2, 0) is 9.57 Å². The van der Waals surface area contributed by atoms with Crippen LogP contribution in [0.15, 0.2) is 41.3 Å². The van der Waals surface area contributed by atoms with Crippen molar-refractivity contribution in [2.45, 2.75) is 52.1 Å². The van der Waals surface area contributed by atoms with Crippen LogP contribution in [0.2, 0.25) is 0 Å². The van der Waals surface area contributed by atoms with Crippen LogP contribution >= 0.6 is 0 Å². The van der Waals surface area contributed by atoms with Crippen molar-refractivity contribution in [3.05, 3.63) is 36.1 Å². The minimum Gasteiger partial charge on any atom is -0.491 e. The van der Waals surface area contributed by atoms with Gasteiger partial charge in [0.05, 0.1) is 5.71 Å². The Labute approximate surface area is 150 Å². The topological polar surface area (TPSA) is 51.0 Å². The van der Waals surface area contributed by atoms with E-state index in [1.165, 1.54) is 17.7 Å². The second-order valence-electron chi connectivity index (χ2n) is 8.68. The zero-order chi connectivity index (χ0) is 17.8. The van der Waals surface area contributed by atoms with Gasteiger partial charge in [-0.1, -0.05) is 43.8 Å². The zero-order valence-corrected chi connectivity index (χ0v) is 15.4. The lowest BCUT2D eigenvalue weighted by molar-refractivity contribution is -0.0243. The molecular formula is C21H29NO3. The number of hydrogen-bond acceptors (Lipinski definition) is 4. The predicted molar refractivity (Wildman–Crippen MR) is 98.0 cm³/mol. The summed E-state index contributed by atoms with van der Waals surface area (Å²) in [6.45, 7) is 14.1. The third-order valence-electron chi connectivity index (χ3n) is 7.38. The smallest absolute Gasteiger partial charge is 0.128 e. The Bertz CT molecular complexity index is 679. The van der Waals surface area contributed by atoms with Crippen LogP contribution in [0.3, 0.4) is 0 Å². The molecule has 1 N–H and O–H groups in total. The molecule has 0 aromatic carbocycles. The monoisotopic (exact) mass is 343 g/mol. The first-order valence-corrected chi connectivity index (χ1v) is 9.43. The van der Waals surface area contributed by atoms with Crippen molar-refractivity contribution in [3.63, 3.8) is 0 Å². The molecule has 0 aromatic rings. The Morgan fingerprint density at radius 3 is 2.84 bits per heavy atom. The van der Waals surface area contributed by atoms with E-state index in [1.54, 1.807) is 0 Å². The van der Waals surface area contributed by atoms with Crippen LogP contribution < -0.4 is 0 Å². The van der Waals surface area contributed by atoms with Crippen molar-refractivity contribution in [2.75, 3.05) is 13.2 Å². The quantitative estimate of drug-likeness (QED) is 0.772. The number of oxime groups is 1. The predicted octanol–water partition coefficient (Wildman–Crippen LogP) is 3.98. The fourth-order valence-electron chi connectivity index (χ4n) is 5.86. The van der Waals surface area contributed by atoms with Crippen LogP contribution in [0.1, 0.15) is 46.0 Å². The van der Waals surface area contributed by atoms with E-state index in [1.807, 2.05) is 0 Å². The number of aliphatic hydroxyl groups excluding tert-OH is 1. The average Bonchev–Trinajstić information content (AvgIpc) is 3.10. The molecule has 0 bridgehead atoms. The second kappa shape index (κ2) is 5.73. The van der Waals surface area contributed by atoms with Gasteiger partial charge in [-0.3, -0.25) is 0 Å². The lowest BCUT2D eigenvalue weighted by atomic mass is 9.46. The highest BCUT2D eigenvalue weighted by atomic mass is 16.6. The standard InChI is InChI=1S/C21H29NO3/c1-13-5-8-18-20(3,10-9-19-21(18,4)12-25-22-19)16(13)7-6-15-14(2)24-11-17(15)23/h6,16-18,23H,1-2,5,7-12H2,3-4H3/b15-6-/t16-,17-,18+,20+,21+/m1/s1. The van der Waals surface area contributed by atoms with Crippen molar-refractivity contribution in [2.24, 2.45) is 27.8 Å². The van der Waals surface area contributed by atoms with Gasteiger partial charge < -0.3 is 14.7 Å². The second-order valence-corrected chi connectivity index (χ2v) is 8.68. The van der Waals surface area contributed by atoms with E-state index in [0.717, 1.165) is 31.3 Å². The highest BCUT2D eigenvalue weighted by Gasteiger charge is 2.58. The molecular weight excluding hydrogens is 314 g/mol. The molecule has 1 saturated heterocycles. The van der Waals surface area contributed by atoms with Crippen molar-refractivity contribution < 1.29 is 14.7 Å². The number of allylic oxidation sites excluding steroid dienone is 2. The van der Waals surface area contributed by atoms with Gasteiger partial charge in [0.2, 0.25) is 0 Å². The van der Waals surface area contributed by atoms with Gasteiger partial charge in [0.1, 0.15) is 25.1 Å². The lowest BCUT2D eigenvalue weighted by Gasteiger charge is -2.57. The first-order chi connectivity index (χ1) is 11.9. The molecule has 2 saturated carbocycles. The number of hydrogen-bond donors (Lipinski definition) is 1. The van der Waals surface area contributed by atoms with E-state index in [9.17, 15) is 5.11 Å². The summed E-state index contributed by atoms with van der Waals surface area (Å²) in [5.41, 5.74) is 3.72. The maximum Gasteiger partial charge on any atom is 0.128 e. The van der Waals surface area contributed by atoms with Crippen LogP contribution in [-0.4, -0.2) is 30.1 Å². The summed E-state index contributed by atoms with van der Waals surface area (Å²) in [5.74, 6) is 1.60. The summed E-state index contributed by atoms with van der Waals surface area (Å²) < 4.78 is 5.38. The van der Waals surface area contributed by atoms with Crippen LogP contribution in [0.4, 0.5) is 0 Å². The molecule has 136 valence electrons. The molecule has 2 heterocycles. The maximum absolute atomic E-state index is 10.1. The molecule has 3 fully saturated rings. The summed E-state index contributed by atoms with van der Waals surface area (Å²) in [7, 11) is 0. The number of fused-ring (bicyclic) bond motifs is 3. The van der Waals surface area contributed by atoms with Crippen molar-refractivity contribution in [3.8, 4) is 0 Å². The molecule has 0 aromatic heterocycles. The van der Waals surface area contributed by atoms with Gasteiger partial charge in [0.15, 0.2) is 0 Å². The highest BCUT2D eigenvalue weighted by molar-refractivity contribution is 5.92. The van der Waals surface area contributed by atoms with Crippen LogP contribution in [0.25, 0.3) is 0 Å². The molecule has 0 spiro atoms. The van der Waals surface area contributed by atoms with E-state index in [0.29, 0.717) is 30.8 Å². The van der Waals surface area contributed by atoms with Crippen LogP contribution in [0.5, 0.6) is 0 Å². The summed E-state index contributed by atoms with van der Waals surface area (Å²) in [6.07, 6.45) is 6.87. The van der Waals surface area contributed by atoms with Gasteiger partial charge in [0, 0.05) is 11.0 Å². The minimum absolute atomic E-state index is 0.0681. The van der Waals surface area contributed by atoms with Gasteiger partial charge in [-0.15, -0.1) is 0 Å². The third kappa shape index (κ3) is 2.41. The zero-order valence-electron chi connectivity index (χ0n) is 15.4. The number of ether oxygens (including phenoxy) is 1. The molecule has 5 atom stereocenters. The fourth-order valence-corrected chi connectivity index (χ4v) is 5.86.